The minimum atomic E-state index is -4.87. The van der Waals surface area contributed by atoms with Gasteiger partial charge in [0.25, 0.3) is 0 Å². The zero-order valence-corrected chi connectivity index (χ0v) is 11.6. The fourth-order valence-electron chi connectivity index (χ4n) is 1.37. The van der Waals surface area contributed by atoms with Crippen LogP contribution in [-0.2, 0) is 29.4 Å². The Morgan fingerprint density at radius 2 is 1.84 bits per heavy atom. The second-order valence-corrected chi connectivity index (χ2v) is 6.33. The highest BCUT2D eigenvalue weighted by molar-refractivity contribution is 7.89. The fraction of sp³-hybridized carbons (Fsp3) is 0.333. The molecule has 0 N–H and O–H groups in total. The molecule has 0 spiro atoms. The Labute approximate surface area is 108 Å². The first-order valence-electron chi connectivity index (χ1n) is 4.79. The summed E-state index contributed by atoms with van der Waals surface area (Å²) < 4.78 is 80.9. The van der Waals surface area contributed by atoms with Gasteiger partial charge >= 0.3 is 24.5 Å². The zero-order chi connectivity index (χ0) is 14.8. The van der Waals surface area contributed by atoms with E-state index in [9.17, 15) is 26.2 Å². The predicted octanol–water partition coefficient (Wildman–Crippen LogP) is 2.76. The molecule has 108 valence electrons. The number of rotatable bonds is 4. The normalized spacial score (nSPS) is 14.4. The van der Waals surface area contributed by atoms with Crippen LogP contribution in [0.25, 0.3) is 0 Å². The van der Waals surface area contributed by atoms with Crippen molar-refractivity contribution in [3.8, 4) is 0 Å². The Bertz CT molecular complexity index is 596. The van der Waals surface area contributed by atoms with Gasteiger partial charge in [-0.2, -0.15) is 25.6 Å². The Morgan fingerprint density at radius 3 is 2.32 bits per heavy atom. The summed E-state index contributed by atoms with van der Waals surface area (Å²) in [5, 5.41) is 0. The Balaban J connectivity index is 3.46. The Hall–Kier alpha value is -0.890. The van der Waals surface area contributed by atoms with Crippen LogP contribution in [-0.4, -0.2) is 15.5 Å². The van der Waals surface area contributed by atoms with Gasteiger partial charge in [0.05, 0.1) is 5.56 Å². The lowest BCUT2D eigenvalue weighted by molar-refractivity contribution is -0.140. The largest absolute Gasteiger partial charge is 0.417 e. The lowest BCUT2D eigenvalue weighted by Crippen LogP contribution is -2.15. The summed E-state index contributed by atoms with van der Waals surface area (Å²) in [5.41, 5.74) is -1.54. The second kappa shape index (κ2) is 5.62. The minimum absolute atomic E-state index is 0.166. The molecule has 10 heteroatoms. The van der Waals surface area contributed by atoms with Crippen molar-refractivity contribution in [1.82, 2.24) is 0 Å². The molecule has 0 aliphatic carbocycles. The van der Waals surface area contributed by atoms with E-state index >= 15 is 0 Å². The van der Waals surface area contributed by atoms with Crippen LogP contribution in [0.15, 0.2) is 23.1 Å². The van der Waals surface area contributed by atoms with E-state index in [2.05, 4.69) is 8.49 Å². The molecule has 0 heterocycles. The van der Waals surface area contributed by atoms with Crippen LogP contribution in [0.3, 0.4) is 0 Å². The summed E-state index contributed by atoms with van der Waals surface area (Å²) in [6, 6.07) is 2.85. The van der Waals surface area contributed by atoms with Gasteiger partial charge < -0.3 is 4.52 Å². The molecule has 1 unspecified atom stereocenters. The van der Waals surface area contributed by atoms with Crippen LogP contribution >= 0.6 is 8.25 Å². The van der Waals surface area contributed by atoms with Crippen molar-refractivity contribution >= 4 is 18.4 Å². The summed E-state index contributed by atoms with van der Waals surface area (Å²) in [4.78, 5) is -1.06. The zero-order valence-electron chi connectivity index (χ0n) is 9.82. The van der Waals surface area contributed by atoms with Crippen LogP contribution in [0.5, 0.6) is 0 Å². The summed E-state index contributed by atoms with van der Waals surface area (Å²) in [6.45, 7) is 1.18. The van der Waals surface area contributed by atoms with Crippen molar-refractivity contribution in [2.45, 2.75) is 18.0 Å². The van der Waals surface area contributed by atoms with Crippen LogP contribution in [0, 0.1) is 6.92 Å². The quantitative estimate of drug-likeness (QED) is 0.798. The molecule has 0 saturated heterocycles. The summed E-state index contributed by atoms with van der Waals surface area (Å²) in [6.07, 6.45) is -4.87. The molecule has 0 radical (unpaired) electrons. The van der Waals surface area contributed by atoms with Gasteiger partial charge in [0.1, 0.15) is 4.90 Å². The predicted molar refractivity (Wildman–Crippen MR) is 60.5 cm³/mol. The molecule has 1 aromatic rings. The number of halogens is 3. The van der Waals surface area contributed by atoms with Crippen molar-refractivity contribution in [3.63, 3.8) is 0 Å². The summed E-state index contributed by atoms with van der Waals surface area (Å²) in [7, 11) is -7.33. The number of benzene rings is 1. The van der Waals surface area contributed by atoms with E-state index in [0.717, 1.165) is 13.2 Å². The maximum absolute atomic E-state index is 12.8. The molecule has 0 aromatic heterocycles. The van der Waals surface area contributed by atoms with Crippen LogP contribution in [0.2, 0.25) is 0 Å². The lowest BCUT2D eigenvalue weighted by atomic mass is 10.1. The first kappa shape index (κ1) is 16.2. The monoisotopic (exact) mass is 318 g/mol. The molecule has 0 aliphatic heterocycles. The van der Waals surface area contributed by atoms with Gasteiger partial charge in [-0.3, -0.25) is 4.57 Å². The molecule has 1 aromatic carbocycles. The summed E-state index contributed by atoms with van der Waals surface area (Å²) in [5.74, 6) is 0. The van der Waals surface area contributed by atoms with Gasteiger partial charge in [-0.05, 0) is 18.6 Å². The van der Waals surface area contributed by atoms with E-state index in [1.807, 2.05) is 0 Å². The molecular weight excluding hydrogens is 308 g/mol. The van der Waals surface area contributed by atoms with Gasteiger partial charge in [0, 0.05) is 7.11 Å². The second-order valence-electron chi connectivity index (χ2n) is 3.44. The van der Waals surface area contributed by atoms with Gasteiger partial charge in [0.15, 0.2) is 0 Å². The number of hydrogen-bond donors (Lipinski definition) is 0. The molecule has 1 rings (SSSR count). The van der Waals surface area contributed by atoms with E-state index < -0.39 is 35.0 Å². The van der Waals surface area contributed by atoms with E-state index in [-0.39, 0.29) is 5.56 Å². The Morgan fingerprint density at radius 1 is 1.26 bits per heavy atom. The molecule has 5 nitrogen and oxygen atoms in total. The molecule has 0 bridgehead atoms. The molecule has 0 aliphatic rings. The minimum Gasteiger partial charge on any atom is -0.313 e. The third kappa shape index (κ3) is 3.79. The number of alkyl halides is 3. The van der Waals surface area contributed by atoms with Crippen molar-refractivity contribution < 1.29 is 34.6 Å². The van der Waals surface area contributed by atoms with E-state index in [4.69, 9.17) is 0 Å². The Kier molecular flexibility index (Phi) is 4.78. The van der Waals surface area contributed by atoms with Crippen LogP contribution in [0.4, 0.5) is 13.2 Å². The number of hydrogen-bond acceptors (Lipinski definition) is 5. The highest BCUT2D eigenvalue weighted by Crippen LogP contribution is 2.39. The van der Waals surface area contributed by atoms with E-state index in [1.54, 1.807) is 0 Å². The molecule has 0 fully saturated rings. The standard InChI is InChI=1S/C9H10F3O5PS/c1-6-4-3-5-7(9(10,11)12)8(6)19(14,15)17-18(13)16-2/h3-5,18H,1-2H3. The SMILES string of the molecule is CO[PH](=O)OS(=O)(=O)c1c(C)cccc1C(F)(F)F. The average molecular weight is 318 g/mol. The van der Waals surface area contributed by atoms with E-state index in [1.165, 1.54) is 13.0 Å². The first-order valence-corrected chi connectivity index (χ1v) is 7.42. The highest BCUT2D eigenvalue weighted by atomic mass is 32.2. The maximum Gasteiger partial charge on any atom is 0.417 e. The first-order chi connectivity index (χ1) is 8.59. The molecule has 19 heavy (non-hydrogen) atoms. The molecule has 1 atom stereocenters. The third-order valence-corrected chi connectivity index (χ3v) is 4.91. The van der Waals surface area contributed by atoms with Crippen molar-refractivity contribution in [2.24, 2.45) is 0 Å². The summed E-state index contributed by atoms with van der Waals surface area (Å²) >= 11 is 0. The van der Waals surface area contributed by atoms with E-state index in [0.29, 0.717) is 6.07 Å². The van der Waals surface area contributed by atoms with Crippen molar-refractivity contribution in [1.29, 1.82) is 0 Å². The fourth-order valence-corrected chi connectivity index (χ4v) is 3.61. The van der Waals surface area contributed by atoms with Crippen LogP contribution < -0.4 is 0 Å². The average Bonchev–Trinajstić information content (AvgIpc) is 2.26. The van der Waals surface area contributed by atoms with Gasteiger partial charge in [-0.15, -0.1) is 0 Å². The molecule has 0 saturated carbocycles. The highest BCUT2D eigenvalue weighted by Gasteiger charge is 2.39. The topological polar surface area (TPSA) is 69.7 Å². The van der Waals surface area contributed by atoms with Gasteiger partial charge in [0.2, 0.25) is 0 Å². The van der Waals surface area contributed by atoms with Crippen LogP contribution in [0.1, 0.15) is 11.1 Å². The lowest BCUT2D eigenvalue weighted by Gasteiger charge is -2.14. The molecular formula is C9H10F3O5PS. The maximum atomic E-state index is 12.8. The third-order valence-electron chi connectivity index (χ3n) is 2.11. The van der Waals surface area contributed by atoms with Gasteiger partial charge in [-0.1, -0.05) is 12.1 Å². The van der Waals surface area contributed by atoms with Gasteiger partial charge in [-0.25, -0.2) is 0 Å². The van der Waals surface area contributed by atoms with Crippen molar-refractivity contribution in [2.75, 3.05) is 7.11 Å². The number of aryl methyl sites for hydroxylation is 1. The molecule has 0 amide bonds. The smallest absolute Gasteiger partial charge is 0.313 e. The van der Waals surface area contributed by atoms with Crippen molar-refractivity contribution in [3.05, 3.63) is 29.3 Å².